The molecule has 366 valence electrons. The molecule has 16 rings (SSSR count). The minimum Gasteiger partial charge on any atom is -0.308 e. The van der Waals surface area contributed by atoms with Gasteiger partial charge in [0.15, 0.2) is 16.1 Å². The Bertz CT molecular complexity index is 4900. The van der Waals surface area contributed by atoms with E-state index in [0.29, 0.717) is 0 Å². The van der Waals surface area contributed by atoms with Crippen molar-refractivity contribution in [2.75, 3.05) is 0 Å². The minimum absolute atomic E-state index is 1.18. The van der Waals surface area contributed by atoms with Crippen molar-refractivity contribution >= 4 is 174 Å². The normalized spacial score (nSPS) is 12.4. The second-order valence-corrected chi connectivity index (χ2v) is 31.4. The third-order valence-corrected chi connectivity index (χ3v) is 30.0. The standard InChI is InChI=1S/C72H47NS3Si2/c1-5-22-49(23-6-1)77(50-24-7-2-8-25-50,53-30-19-21-48(45-53)73-64-35-16-13-31-56(64)59-41-42-61-58-33-15-18-37-66(58)76-72(61)70(59)73)54-39-43-67-62(46-54)63-47-55(40-44-68(63)74-67)78(51-26-9-3-10-27-51,52-28-11-4-12-29-52)69-38-20-34-60-57-32-14-17-36-65(57)75-71(60)69/h1-47H. The van der Waals surface area contributed by atoms with Gasteiger partial charge in [-0.2, -0.15) is 0 Å². The number of hydrogen-bond acceptors (Lipinski definition) is 3. The first kappa shape index (κ1) is 45.7. The fourth-order valence-electron chi connectivity index (χ4n) is 13.4. The highest BCUT2D eigenvalue weighted by Crippen LogP contribution is 2.43. The van der Waals surface area contributed by atoms with Crippen LogP contribution in [0.5, 0.6) is 0 Å². The van der Waals surface area contributed by atoms with Gasteiger partial charge in [-0.3, -0.25) is 0 Å². The lowest BCUT2D eigenvalue weighted by Gasteiger charge is -2.35. The van der Waals surface area contributed by atoms with E-state index in [4.69, 9.17) is 0 Å². The van der Waals surface area contributed by atoms with Crippen LogP contribution in [0.1, 0.15) is 0 Å². The van der Waals surface area contributed by atoms with Crippen molar-refractivity contribution < 1.29 is 0 Å². The largest absolute Gasteiger partial charge is 0.308 e. The van der Waals surface area contributed by atoms with Gasteiger partial charge in [0, 0.05) is 72.3 Å². The van der Waals surface area contributed by atoms with E-state index in [-0.39, 0.29) is 0 Å². The van der Waals surface area contributed by atoms with E-state index in [1.54, 1.807) is 0 Å². The Balaban J connectivity index is 0.969. The predicted octanol–water partition coefficient (Wildman–Crippen LogP) is 14.6. The summed E-state index contributed by atoms with van der Waals surface area (Å²) in [7, 11) is -6.08. The molecule has 0 N–H and O–H groups in total. The molecule has 0 radical (unpaired) electrons. The summed E-state index contributed by atoms with van der Waals surface area (Å²) in [6, 6.07) is 109. The molecule has 0 bridgehead atoms. The molecule has 0 aliphatic heterocycles. The number of para-hydroxylation sites is 1. The zero-order chi connectivity index (χ0) is 51.4. The Hall–Kier alpha value is -8.47. The molecule has 6 heteroatoms. The lowest BCUT2D eigenvalue weighted by Crippen LogP contribution is -2.74. The van der Waals surface area contributed by atoms with Crippen LogP contribution in [0.3, 0.4) is 0 Å². The molecule has 78 heavy (non-hydrogen) atoms. The lowest BCUT2D eigenvalue weighted by molar-refractivity contribution is 1.19. The second-order valence-electron chi connectivity index (χ2n) is 20.6. The van der Waals surface area contributed by atoms with Crippen LogP contribution in [-0.4, -0.2) is 20.7 Å². The maximum Gasteiger partial charge on any atom is 0.181 e. The van der Waals surface area contributed by atoms with Crippen molar-refractivity contribution in [3.05, 3.63) is 285 Å². The number of aromatic nitrogens is 1. The Morgan fingerprint density at radius 2 is 0.667 bits per heavy atom. The number of benzene rings is 12. The Morgan fingerprint density at radius 3 is 1.27 bits per heavy atom. The van der Waals surface area contributed by atoms with Gasteiger partial charge < -0.3 is 4.57 Å². The SMILES string of the molecule is c1ccc([Si](c2ccccc2)(c2cccc(-n3c4ccccc4c4ccc5c6ccccc6sc5c43)c2)c2ccc3sc4ccc([Si](c5ccccc5)(c5ccccc5)c5cccc6c5sc5ccccc56)cc4c3c2)cc1. The smallest absolute Gasteiger partial charge is 0.181 e. The molecule has 0 amide bonds. The van der Waals surface area contributed by atoms with Gasteiger partial charge in [-0.15, -0.1) is 34.0 Å². The van der Waals surface area contributed by atoms with Crippen LogP contribution in [-0.2, 0) is 0 Å². The number of nitrogens with zero attached hydrogens (tertiary/aromatic N) is 1. The van der Waals surface area contributed by atoms with Gasteiger partial charge in [0.2, 0.25) is 0 Å². The van der Waals surface area contributed by atoms with E-state index < -0.39 is 16.1 Å². The molecule has 4 heterocycles. The summed E-state index contributed by atoms with van der Waals surface area (Å²) in [6.45, 7) is 0. The van der Waals surface area contributed by atoms with E-state index >= 15 is 0 Å². The summed E-state index contributed by atoms with van der Waals surface area (Å²) >= 11 is 5.77. The van der Waals surface area contributed by atoms with Crippen LogP contribution >= 0.6 is 34.0 Å². The van der Waals surface area contributed by atoms with E-state index in [1.165, 1.54) is 130 Å². The highest BCUT2D eigenvalue weighted by atomic mass is 32.1. The summed E-state index contributed by atoms with van der Waals surface area (Å²) in [5.41, 5.74) is 3.67. The van der Waals surface area contributed by atoms with Gasteiger partial charge in [0.25, 0.3) is 0 Å². The molecule has 0 atom stereocenters. The molecular formula is C72H47NS3Si2. The summed E-state index contributed by atoms with van der Waals surface area (Å²) in [5.74, 6) is 0. The highest BCUT2D eigenvalue weighted by Gasteiger charge is 2.44. The number of fused-ring (bicyclic) bond motifs is 13. The summed E-state index contributed by atoms with van der Waals surface area (Å²) in [4.78, 5) is 0. The molecule has 1 nitrogen and oxygen atoms in total. The van der Waals surface area contributed by atoms with Gasteiger partial charge >= 0.3 is 0 Å². The summed E-state index contributed by atoms with van der Waals surface area (Å²) in [6.07, 6.45) is 0. The van der Waals surface area contributed by atoms with Gasteiger partial charge in [-0.1, -0.05) is 243 Å². The topological polar surface area (TPSA) is 4.93 Å². The Morgan fingerprint density at radius 1 is 0.244 bits per heavy atom. The molecule has 16 aromatic rings. The number of rotatable bonds is 9. The van der Waals surface area contributed by atoms with Crippen LogP contribution < -0.4 is 41.5 Å². The van der Waals surface area contributed by atoms with Crippen molar-refractivity contribution in [1.29, 1.82) is 0 Å². The Labute approximate surface area is 465 Å². The van der Waals surface area contributed by atoms with Crippen molar-refractivity contribution in [2.24, 2.45) is 0 Å². The third kappa shape index (κ3) is 6.68. The van der Waals surface area contributed by atoms with Crippen molar-refractivity contribution in [1.82, 2.24) is 4.57 Å². The van der Waals surface area contributed by atoms with Gasteiger partial charge in [0.1, 0.15) is 0 Å². The first-order valence-electron chi connectivity index (χ1n) is 26.7. The molecule has 12 aromatic carbocycles. The molecule has 0 aliphatic carbocycles. The molecular weight excluding hydrogens is 1030 g/mol. The molecule has 0 spiro atoms. The van der Waals surface area contributed by atoms with Crippen molar-refractivity contribution in [3.8, 4) is 5.69 Å². The lowest BCUT2D eigenvalue weighted by atomic mass is 10.1. The first-order valence-corrected chi connectivity index (χ1v) is 33.2. The van der Waals surface area contributed by atoms with E-state index in [9.17, 15) is 0 Å². The molecule has 0 unspecified atom stereocenters. The predicted molar refractivity (Wildman–Crippen MR) is 347 cm³/mol. The summed E-state index contributed by atoms with van der Waals surface area (Å²) in [5, 5.41) is 21.5. The number of thiophene rings is 3. The average Bonchev–Trinajstić information content (AvgIpc) is 4.14. The molecule has 0 saturated carbocycles. The van der Waals surface area contributed by atoms with E-state index in [2.05, 4.69) is 290 Å². The summed E-state index contributed by atoms with van der Waals surface area (Å²) < 4.78 is 10.5. The zero-order valence-electron chi connectivity index (χ0n) is 42.3. The molecule has 0 aliphatic rings. The maximum absolute atomic E-state index is 3.09. The quantitative estimate of drug-likeness (QED) is 0.100. The van der Waals surface area contributed by atoms with E-state index in [0.717, 1.165) is 0 Å². The average molecular weight is 1080 g/mol. The second kappa shape index (κ2) is 18.1. The van der Waals surface area contributed by atoms with Crippen LogP contribution in [0.15, 0.2) is 285 Å². The van der Waals surface area contributed by atoms with Crippen molar-refractivity contribution in [3.63, 3.8) is 0 Å². The van der Waals surface area contributed by atoms with E-state index in [1.807, 2.05) is 34.0 Å². The third-order valence-electron chi connectivity index (χ3n) is 16.7. The van der Waals surface area contributed by atoms with Crippen LogP contribution in [0.2, 0.25) is 0 Å². The van der Waals surface area contributed by atoms with Crippen LogP contribution in [0.4, 0.5) is 0 Å². The fourth-order valence-corrected chi connectivity index (χ4v) is 27.0. The highest BCUT2D eigenvalue weighted by molar-refractivity contribution is 7.31. The monoisotopic (exact) mass is 1080 g/mol. The van der Waals surface area contributed by atoms with Crippen LogP contribution in [0, 0.1) is 0 Å². The fraction of sp³-hybridized carbons (Fsp3) is 0. The first-order chi connectivity index (χ1) is 38.7. The number of hydrogen-bond donors (Lipinski definition) is 0. The van der Waals surface area contributed by atoms with Gasteiger partial charge in [-0.05, 0) is 84.0 Å². The van der Waals surface area contributed by atoms with Gasteiger partial charge in [0.05, 0.1) is 15.7 Å². The van der Waals surface area contributed by atoms with Crippen molar-refractivity contribution in [2.45, 2.75) is 0 Å². The minimum atomic E-state index is -3.09. The molecule has 0 fully saturated rings. The molecule has 4 aromatic heterocycles. The molecule has 0 saturated heterocycles. The Kier molecular flexibility index (Phi) is 10.6. The van der Waals surface area contributed by atoms with Gasteiger partial charge in [-0.25, -0.2) is 0 Å². The zero-order valence-corrected chi connectivity index (χ0v) is 46.8. The van der Waals surface area contributed by atoms with Crippen LogP contribution in [0.25, 0.3) is 88.0 Å². The maximum atomic E-state index is 2.61.